The molecule has 1 radical (unpaired) electrons. The van der Waals surface area contributed by atoms with Gasteiger partial charge in [0.1, 0.15) is 11.1 Å². The number of hydrogen-bond acceptors (Lipinski definition) is 4. The summed E-state index contributed by atoms with van der Waals surface area (Å²) in [6.07, 6.45) is 4.80. The van der Waals surface area contributed by atoms with Crippen LogP contribution in [0.4, 0.5) is 0 Å². The van der Waals surface area contributed by atoms with Crippen LogP contribution in [0.1, 0.15) is 65.2 Å². The molecule has 4 heterocycles. The average Bonchev–Trinajstić information content (AvgIpc) is 3.85. The van der Waals surface area contributed by atoms with Crippen LogP contribution in [0.3, 0.4) is 0 Å². The monoisotopic (exact) mass is 895 g/mol. The van der Waals surface area contributed by atoms with Crippen molar-refractivity contribution in [2.24, 2.45) is 7.05 Å². The predicted octanol–water partition coefficient (Wildman–Crippen LogP) is 12.2. The minimum Gasteiger partial charge on any atom is -0.498 e. The molecular weight excluding hydrogens is 841 g/mol. The topological polar surface area (TPSA) is 56.7 Å². The third-order valence-electron chi connectivity index (χ3n) is 9.43. The molecule has 6 heteroatoms. The molecule has 0 aliphatic heterocycles. The molecule has 0 unspecified atom stereocenters. The van der Waals surface area contributed by atoms with Gasteiger partial charge in [-0.05, 0) is 82.4 Å². The molecule has 0 spiro atoms. The number of aryl methyl sites for hydroxylation is 5. The Morgan fingerprint density at radius 1 is 0.741 bits per heavy atom. The van der Waals surface area contributed by atoms with Crippen LogP contribution in [0.25, 0.3) is 77.4 Å². The number of benzene rings is 5. The predicted molar refractivity (Wildman–Crippen MR) is 219 cm³/mol. The maximum absolute atomic E-state index is 8.46. The van der Waals surface area contributed by atoms with Crippen molar-refractivity contribution in [1.29, 1.82) is 0 Å². The van der Waals surface area contributed by atoms with Crippen molar-refractivity contribution in [2.75, 3.05) is 0 Å². The van der Waals surface area contributed by atoms with Crippen LogP contribution in [0.15, 0.2) is 114 Å². The van der Waals surface area contributed by atoms with Gasteiger partial charge in [-0.3, -0.25) is 4.98 Å². The molecule has 5 aromatic carbocycles. The molecule has 0 saturated heterocycles. The van der Waals surface area contributed by atoms with E-state index in [0.717, 1.165) is 27.7 Å². The van der Waals surface area contributed by atoms with Crippen molar-refractivity contribution < 1.29 is 41.0 Å². The van der Waals surface area contributed by atoms with Crippen molar-refractivity contribution in [3.63, 3.8) is 0 Å². The summed E-state index contributed by atoms with van der Waals surface area (Å²) in [6.45, 7) is -3.38. The van der Waals surface area contributed by atoms with E-state index in [0.29, 0.717) is 49.7 Å². The van der Waals surface area contributed by atoms with E-state index in [-0.39, 0.29) is 53.5 Å². The van der Waals surface area contributed by atoms with Crippen LogP contribution in [-0.2, 0) is 32.6 Å². The minimum atomic E-state index is -2.60. The van der Waals surface area contributed by atoms with E-state index >= 15 is 0 Å². The summed E-state index contributed by atoms with van der Waals surface area (Å²) in [5, 5.41) is 3.64. The summed E-state index contributed by atoms with van der Waals surface area (Å²) in [5.74, 6) is 0.775. The Labute approximate surface area is 347 Å². The van der Waals surface area contributed by atoms with Gasteiger partial charge in [0.25, 0.3) is 0 Å². The summed E-state index contributed by atoms with van der Waals surface area (Å²) in [7, 11) is 1.88. The quantitative estimate of drug-likeness (QED) is 0.166. The molecule has 0 amide bonds. The third-order valence-corrected chi connectivity index (χ3v) is 9.43. The van der Waals surface area contributed by atoms with E-state index in [2.05, 4.69) is 47.9 Å². The summed E-state index contributed by atoms with van der Waals surface area (Å²) in [5.41, 5.74) is 4.30. The summed E-state index contributed by atoms with van der Waals surface area (Å²) < 4.78 is 104. The second-order valence-electron chi connectivity index (χ2n) is 14.1. The molecule has 54 heavy (non-hydrogen) atoms. The Bertz CT molecular complexity index is 3270. The van der Waals surface area contributed by atoms with Crippen molar-refractivity contribution in [3.8, 4) is 33.8 Å². The van der Waals surface area contributed by atoms with Gasteiger partial charge >= 0.3 is 0 Å². The van der Waals surface area contributed by atoms with Gasteiger partial charge < -0.3 is 14.0 Å². The van der Waals surface area contributed by atoms with Crippen LogP contribution < -0.4 is 0 Å². The number of rotatable bonds is 3. The Morgan fingerprint density at radius 3 is 2.30 bits per heavy atom. The van der Waals surface area contributed by atoms with Crippen molar-refractivity contribution >= 4 is 43.6 Å². The molecule has 9 rings (SSSR count). The van der Waals surface area contributed by atoms with Gasteiger partial charge in [0.2, 0.25) is 0 Å². The summed E-state index contributed by atoms with van der Waals surface area (Å²) in [4.78, 5) is 13.2. The largest absolute Gasteiger partial charge is 0.498 e. The first-order valence-corrected chi connectivity index (χ1v) is 17.1. The van der Waals surface area contributed by atoms with Gasteiger partial charge in [-0.25, -0.2) is 4.98 Å². The van der Waals surface area contributed by atoms with Gasteiger partial charge in [-0.1, -0.05) is 87.1 Å². The number of aromatic nitrogens is 4. The number of pyridine rings is 2. The first-order valence-electron chi connectivity index (χ1n) is 23.1. The van der Waals surface area contributed by atoms with E-state index < -0.39 is 27.4 Å². The van der Waals surface area contributed by atoms with E-state index in [1.807, 2.05) is 54.2 Å². The Kier molecular flexibility index (Phi) is 6.63. The molecule has 0 fully saturated rings. The normalized spacial score (nSPS) is 15.8. The fourth-order valence-corrected chi connectivity index (χ4v) is 6.56. The SMILES string of the molecule is [2H]C([2H])([2H])c1c[c-]c(-c2nccn2C)cc1.[2H]C([2H])([2H])c1ccc2ccc3c4cc[c-]c(-c5cc(-c6cc7ccc(C(C)(C)C)cc7cc6C([2H])([2H])[2H])c(C([2H])([2H])[2H])cn5)c4oc3c2n1.[Ir]. The molecule has 0 saturated carbocycles. The fraction of sp³-hybridized carbons (Fsp3) is 0.188. The van der Waals surface area contributed by atoms with E-state index in [1.54, 1.807) is 48.7 Å². The van der Waals surface area contributed by atoms with Crippen molar-refractivity contribution in [3.05, 3.63) is 150 Å². The zero-order valence-corrected chi connectivity index (χ0v) is 32.3. The maximum Gasteiger partial charge on any atom is 0.147 e. The summed E-state index contributed by atoms with van der Waals surface area (Å²) >= 11 is 0. The molecule has 5 nitrogen and oxygen atoms in total. The molecule has 9 aromatic rings. The number of nitrogens with zero attached hydrogens (tertiary/aromatic N) is 4. The van der Waals surface area contributed by atoms with Crippen molar-refractivity contribution in [2.45, 2.75) is 53.6 Å². The Balaban J connectivity index is 0.000000322. The van der Waals surface area contributed by atoms with Gasteiger partial charge in [-0.15, -0.1) is 53.6 Å². The Hall–Kier alpha value is -5.42. The first-order chi connectivity index (χ1) is 30.3. The summed E-state index contributed by atoms with van der Waals surface area (Å²) in [6, 6.07) is 32.2. The van der Waals surface area contributed by atoms with Gasteiger partial charge in [-0.2, -0.15) is 0 Å². The van der Waals surface area contributed by atoms with Crippen LogP contribution in [-0.4, -0.2) is 19.5 Å². The first kappa shape index (κ1) is 24.8. The van der Waals surface area contributed by atoms with Crippen LogP contribution in [0, 0.1) is 39.5 Å². The molecule has 0 aliphatic carbocycles. The average molecular weight is 895 g/mol. The molecular formula is C48H42IrN4O-2. The number of imidazole rings is 1. The number of hydrogen-bond donors (Lipinski definition) is 0. The van der Waals surface area contributed by atoms with E-state index in [4.69, 9.17) is 20.9 Å². The molecule has 0 bridgehead atoms. The maximum atomic E-state index is 8.46. The zero-order chi connectivity index (χ0) is 47.0. The molecule has 271 valence electrons. The van der Waals surface area contributed by atoms with Crippen LogP contribution >= 0.6 is 0 Å². The van der Waals surface area contributed by atoms with Gasteiger partial charge in [0.05, 0.1) is 11.4 Å². The van der Waals surface area contributed by atoms with Gasteiger partial charge in [0.15, 0.2) is 0 Å². The van der Waals surface area contributed by atoms with Crippen molar-refractivity contribution in [1.82, 2.24) is 19.5 Å². The van der Waals surface area contributed by atoms with E-state index in [1.165, 1.54) is 18.3 Å². The number of furan rings is 1. The van der Waals surface area contributed by atoms with Crippen LogP contribution in [0.2, 0.25) is 0 Å². The Morgan fingerprint density at radius 2 is 1.56 bits per heavy atom. The minimum absolute atomic E-state index is 0. The molecule has 4 aromatic heterocycles. The molecule has 0 atom stereocenters. The van der Waals surface area contributed by atoms with Crippen LogP contribution in [0.5, 0.6) is 0 Å². The zero-order valence-electron chi connectivity index (χ0n) is 41.9. The van der Waals surface area contributed by atoms with Gasteiger partial charge in [0, 0.05) is 78.7 Å². The standard InChI is InChI=1S/C37H31N2O.C11H11N2.Ir/c1-21-16-26-17-27(37(4,5)6)14-12-25(26)18-31(21)32-19-33(38-20-22(32)2)30-9-7-8-28-29-15-13-24-11-10-23(3)39-34(24)36(29)40-35(28)30;1-9-3-5-10(6-4-9)11-12-7-8-13(11)2;/h7-8,10-20H,1-6H3;3-5,7-8H,1-2H3;/q2*-1;/i1D3,2D3,3D3;1D3;. The number of fused-ring (bicyclic) bond motifs is 6. The third kappa shape index (κ3) is 6.88. The second-order valence-corrected chi connectivity index (χ2v) is 14.1. The molecule has 0 aliphatic rings. The second kappa shape index (κ2) is 14.4. The van der Waals surface area contributed by atoms with E-state index in [9.17, 15) is 0 Å². The fourth-order valence-electron chi connectivity index (χ4n) is 6.56. The smallest absolute Gasteiger partial charge is 0.147 e. The molecule has 0 N–H and O–H groups in total.